The molecule has 0 fully saturated rings. The maximum atomic E-state index is 9.18. The molecular weight excluding hydrogens is 152 g/mol. The van der Waals surface area contributed by atoms with Gasteiger partial charge in [-0.05, 0) is 27.2 Å². The van der Waals surface area contributed by atoms with E-state index in [1.807, 2.05) is 20.0 Å². The predicted molar refractivity (Wildman–Crippen MR) is 48.0 cm³/mol. The third-order valence-corrected chi connectivity index (χ3v) is 2.02. The van der Waals surface area contributed by atoms with Gasteiger partial charge in [-0.2, -0.15) is 0 Å². The van der Waals surface area contributed by atoms with Crippen LogP contribution >= 0.6 is 0 Å². The van der Waals surface area contributed by atoms with E-state index in [-0.39, 0.29) is 6.10 Å². The van der Waals surface area contributed by atoms with Crippen molar-refractivity contribution in [3.63, 3.8) is 0 Å². The first-order valence-corrected chi connectivity index (χ1v) is 4.28. The minimum absolute atomic E-state index is 0.248. The van der Waals surface area contributed by atoms with Crippen LogP contribution in [-0.4, -0.2) is 20.8 Å². The van der Waals surface area contributed by atoms with Crippen molar-refractivity contribution in [2.24, 2.45) is 0 Å². The first-order chi connectivity index (χ1) is 5.61. The van der Waals surface area contributed by atoms with Crippen LogP contribution in [0.15, 0.2) is 12.4 Å². The fourth-order valence-electron chi connectivity index (χ4n) is 1.46. The second-order valence-electron chi connectivity index (χ2n) is 3.32. The van der Waals surface area contributed by atoms with Crippen molar-refractivity contribution in [2.45, 2.75) is 39.3 Å². The smallest absolute Gasteiger partial charge is 0.105 e. The zero-order valence-electron chi connectivity index (χ0n) is 7.86. The third kappa shape index (κ3) is 2.08. The van der Waals surface area contributed by atoms with Gasteiger partial charge < -0.3 is 9.67 Å². The summed E-state index contributed by atoms with van der Waals surface area (Å²) in [6.45, 7) is 5.86. The van der Waals surface area contributed by atoms with Gasteiger partial charge in [0.05, 0.1) is 6.10 Å². The quantitative estimate of drug-likeness (QED) is 0.743. The van der Waals surface area contributed by atoms with Gasteiger partial charge in [0.25, 0.3) is 0 Å². The minimum Gasteiger partial charge on any atom is -0.393 e. The Labute approximate surface area is 73.1 Å². The zero-order valence-corrected chi connectivity index (χ0v) is 7.86. The molecule has 0 bridgehead atoms. The molecule has 1 rings (SSSR count). The van der Waals surface area contributed by atoms with E-state index in [1.54, 1.807) is 6.20 Å². The molecule has 0 saturated carbocycles. The van der Waals surface area contributed by atoms with Crippen molar-refractivity contribution in [2.75, 3.05) is 0 Å². The molecule has 1 heterocycles. The van der Waals surface area contributed by atoms with Crippen molar-refractivity contribution in [1.82, 2.24) is 9.55 Å². The predicted octanol–water partition coefficient (Wildman–Crippen LogP) is 1.52. The van der Waals surface area contributed by atoms with E-state index < -0.39 is 0 Å². The molecule has 0 aromatic carbocycles. The highest BCUT2D eigenvalue weighted by Crippen LogP contribution is 2.14. The average molecular weight is 168 g/mol. The number of hydrogen-bond acceptors (Lipinski definition) is 2. The van der Waals surface area contributed by atoms with Crippen LogP contribution in [0.4, 0.5) is 0 Å². The van der Waals surface area contributed by atoms with Gasteiger partial charge in [0.1, 0.15) is 5.82 Å². The van der Waals surface area contributed by atoms with E-state index in [9.17, 15) is 5.11 Å². The highest BCUT2D eigenvalue weighted by atomic mass is 16.3. The molecular formula is C9H16N2O. The second-order valence-corrected chi connectivity index (χ2v) is 3.32. The Kier molecular flexibility index (Phi) is 2.87. The molecule has 0 amide bonds. The van der Waals surface area contributed by atoms with Crippen LogP contribution in [0, 0.1) is 6.92 Å². The number of aliphatic hydroxyl groups excluding tert-OH is 1. The number of aliphatic hydroxyl groups is 1. The van der Waals surface area contributed by atoms with Crippen LogP contribution < -0.4 is 0 Å². The molecule has 1 N–H and O–H groups in total. The van der Waals surface area contributed by atoms with Crippen molar-refractivity contribution in [3.05, 3.63) is 18.2 Å². The van der Waals surface area contributed by atoms with Crippen molar-refractivity contribution in [1.29, 1.82) is 0 Å². The van der Waals surface area contributed by atoms with Crippen LogP contribution in [-0.2, 0) is 0 Å². The van der Waals surface area contributed by atoms with Gasteiger partial charge in [0.2, 0.25) is 0 Å². The van der Waals surface area contributed by atoms with E-state index in [2.05, 4.69) is 16.5 Å². The van der Waals surface area contributed by atoms with E-state index in [0.717, 1.165) is 12.2 Å². The molecule has 0 radical (unpaired) electrons. The first kappa shape index (κ1) is 9.26. The maximum Gasteiger partial charge on any atom is 0.105 e. The lowest BCUT2D eigenvalue weighted by molar-refractivity contribution is 0.165. The number of aromatic nitrogens is 2. The summed E-state index contributed by atoms with van der Waals surface area (Å²) in [6.07, 6.45) is 4.26. The summed E-state index contributed by atoms with van der Waals surface area (Å²) < 4.78 is 2.08. The number of rotatable bonds is 3. The Morgan fingerprint density at radius 2 is 2.25 bits per heavy atom. The van der Waals surface area contributed by atoms with Gasteiger partial charge in [-0.15, -0.1) is 0 Å². The normalized spacial score (nSPS) is 16.0. The number of hydrogen-bond donors (Lipinski definition) is 1. The summed E-state index contributed by atoms with van der Waals surface area (Å²) in [5, 5.41) is 9.18. The Balaban J connectivity index is 2.65. The van der Waals surface area contributed by atoms with Crippen LogP contribution in [0.25, 0.3) is 0 Å². The molecule has 0 aliphatic rings. The average Bonchev–Trinajstić information content (AvgIpc) is 2.33. The summed E-state index contributed by atoms with van der Waals surface area (Å²) in [6, 6.07) is 0.326. The molecule has 0 aliphatic heterocycles. The van der Waals surface area contributed by atoms with E-state index in [4.69, 9.17) is 0 Å². The lowest BCUT2D eigenvalue weighted by Gasteiger charge is -2.16. The molecule has 0 saturated heterocycles. The molecule has 2 unspecified atom stereocenters. The highest BCUT2D eigenvalue weighted by Gasteiger charge is 2.09. The molecule has 3 nitrogen and oxygen atoms in total. The van der Waals surface area contributed by atoms with Gasteiger partial charge in [-0.25, -0.2) is 4.98 Å². The molecule has 0 spiro atoms. The van der Waals surface area contributed by atoms with E-state index >= 15 is 0 Å². The van der Waals surface area contributed by atoms with Crippen LogP contribution in [0.2, 0.25) is 0 Å². The molecule has 1 aromatic rings. The summed E-state index contributed by atoms with van der Waals surface area (Å²) in [4.78, 5) is 4.13. The fourth-order valence-corrected chi connectivity index (χ4v) is 1.46. The standard InChI is InChI=1S/C9H16N2O/c1-7(6-8(2)12)11-5-4-10-9(11)3/h4-5,7-8,12H,6H2,1-3H3. The third-order valence-electron chi connectivity index (χ3n) is 2.02. The summed E-state index contributed by atoms with van der Waals surface area (Å²) >= 11 is 0. The maximum absolute atomic E-state index is 9.18. The fraction of sp³-hybridized carbons (Fsp3) is 0.667. The molecule has 68 valence electrons. The Morgan fingerprint density at radius 1 is 1.58 bits per heavy atom. The topological polar surface area (TPSA) is 38.0 Å². The summed E-state index contributed by atoms with van der Waals surface area (Å²) in [5.41, 5.74) is 0. The molecule has 2 atom stereocenters. The number of imidazole rings is 1. The van der Waals surface area contributed by atoms with Crippen molar-refractivity contribution < 1.29 is 5.11 Å². The molecule has 1 aromatic heterocycles. The van der Waals surface area contributed by atoms with Crippen molar-refractivity contribution >= 4 is 0 Å². The van der Waals surface area contributed by atoms with Crippen molar-refractivity contribution in [3.8, 4) is 0 Å². The van der Waals surface area contributed by atoms with Gasteiger partial charge in [-0.3, -0.25) is 0 Å². The van der Waals surface area contributed by atoms with Gasteiger partial charge in [0.15, 0.2) is 0 Å². The first-order valence-electron chi connectivity index (χ1n) is 4.28. The molecule has 0 aliphatic carbocycles. The summed E-state index contributed by atoms with van der Waals surface area (Å²) in [7, 11) is 0. The number of nitrogens with zero attached hydrogens (tertiary/aromatic N) is 2. The van der Waals surface area contributed by atoms with E-state index in [0.29, 0.717) is 6.04 Å². The number of aryl methyl sites for hydroxylation is 1. The van der Waals surface area contributed by atoms with Crippen LogP contribution in [0.3, 0.4) is 0 Å². The van der Waals surface area contributed by atoms with Gasteiger partial charge in [0, 0.05) is 18.4 Å². The monoisotopic (exact) mass is 168 g/mol. The van der Waals surface area contributed by atoms with Gasteiger partial charge in [-0.1, -0.05) is 0 Å². The Hall–Kier alpha value is -0.830. The Morgan fingerprint density at radius 3 is 2.67 bits per heavy atom. The van der Waals surface area contributed by atoms with E-state index in [1.165, 1.54) is 0 Å². The zero-order chi connectivity index (χ0) is 9.14. The van der Waals surface area contributed by atoms with Gasteiger partial charge >= 0.3 is 0 Å². The lowest BCUT2D eigenvalue weighted by Crippen LogP contribution is -2.12. The molecule has 3 heteroatoms. The van der Waals surface area contributed by atoms with Crippen LogP contribution in [0.5, 0.6) is 0 Å². The minimum atomic E-state index is -0.248. The SMILES string of the molecule is Cc1nccn1C(C)CC(C)O. The lowest BCUT2D eigenvalue weighted by atomic mass is 10.1. The second kappa shape index (κ2) is 3.72. The largest absolute Gasteiger partial charge is 0.393 e. The molecule has 12 heavy (non-hydrogen) atoms. The summed E-state index contributed by atoms with van der Waals surface area (Å²) in [5.74, 6) is 1.00. The Bertz CT molecular complexity index is 242. The van der Waals surface area contributed by atoms with Crippen LogP contribution in [0.1, 0.15) is 32.1 Å². The highest BCUT2D eigenvalue weighted by molar-refractivity contribution is 4.91.